The van der Waals surface area contributed by atoms with Gasteiger partial charge in [0.05, 0.1) is 4.90 Å². The second-order valence-electron chi connectivity index (χ2n) is 5.42. The topological polar surface area (TPSA) is 116 Å². The Kier molecular flexibility index (Phi) is 6.30. The van der Waals surface area contributed by atoms with Crippen LogP contribution in [0, 0.1) is 6.92 Å². The molecule has 3 N–H and O–H groups in total. The largest absolute Gasteiger partial charge is 0.449 e. The molecule has 0 bridgehead atoms. The van der Waals surface area contributed by atoms with Crippen LogP contribution in [0.5, 0.6) is 0 Å². The minimum Gasteiger partial charge on any atom is -0.449 e. The van der Waals surface area contributed by atoms with Crippen molar-refractivity contribution in [2.45, 2.75) is 24.8 Å². The van der Waals surface area contributed by atoms with Gasteiger partial charge < -0.3 is 10.1 Å². The highest BCUT2D eigenvalue weighted by atomic mass is 32.2. The molecule has 0 fully saturated rings. The molecule has 2 aromatic rings. The third kappa shape index (κ3) is 5.80. The van der Waals surface area contributed by atoms with E-state index < -0.39 is 28.0 Å². The molecule has 2 rings (SSSR count). The molecule has 1 aromatic heterocycles. The van der Waals surface area contributed by atoms with Crippen molar-refractivity contribution < 1.29 is 22.7 Å². The second kappa shape index (κ2) is 8.26. The van der Waals surface area contributed by atoms with Crippen molar-refractivity contribution in [1.82, 2.24) is 0 Å². The average Bonchev–Trinajstić information content (AvgIpc) is 2.98. The zero-order chi connectivity index (χ0) is 19.3. The van der Waals surface area contributed by atoms with Gasteiger partial charge in [0.1, 0.15) is 0 Å². The van der Waals surface area contributed by atoms with Crippen molar-refractivity contribution in [3.8, 4) is 0 Å². The van der Waals surface area contributed by atoms with Gasteiger partial charge in [-0.25, -0.2) is 18.4 Å². The van der Waals surface area contributed by atoms with E-state index in [-0.39, 0.29) is 10.6 Å². The Balaban J connectivity index is 1.95. The monoisotopic (exact) mass is 394 g/mol. The Morgan fingerprint density at radius 3 is 2.62 bits per heavy atom. The lowest BCUT2D eigenvalue weighted by Gasteiger charge is -2.12. The van der Waals surface area contributed by atoms with Gasteiger partial charge in [0, 0.05) is 21.5 Å². The lowest BCUT2D eigenvalue weighted by molar-refractivity contribution is -0.148. The van der Waals surface area contributed by atoms with Crippen LogP contribution in [0.3, 0.4) is 0 Å². The summed E-state index contributed by atoms with van der Waals surface area (Å²) in [4.78, 5) is 25.8. The van der Waals surface area contributed by atoms with Crippen molar-refractivity contribution in [2.24, 2.45) is 5.14 Å². The maximum absolute atomic E-state index is 12.1. The summed E-state index contributed by atoms with van der Waals surface area (Å²) < 4.78 is 27.7. The van der Waals surface area contributed by atoms with Gasteiger partial charge in [-0.1, -0.05) is 6.07 Å². The summed E-state index contributed by atoms with van der Waals surface area (Å²) in [6, 6.07) is 9.28. The number of thiophene rings is 1. The number of amides is 1. The van der Waals surface area contributed by atoms with Crippen molar-refractivity contribution in [3.63, 3.8) is 0 Å². The Labute approximate surface area is 155 Å². The van der Waals surface area contributed by atoms with E-state index >= 15 is 0 Å². The lowest BCUT2D eigenvalue weighted by atomic mass is 10.3. The zero-order valence-electron chi connectivity index (χ0n) is 14.1. The number of carbonyl (C=O) groups is 2. The van der Waals surface area contributed by atoms with Crippen LogP contribution in [0.1, 0.15) is 16.7 Å². The number of hydrogen-bond donors (Lipinski definition) is 2. The highest BCUT2D eigenvalue weighted by Gasteiger charge is 2.17. The summed E-state index contributed by atoms with van der Waals surface area (Å²) in [6.07, 6.45) is 1.80. The minimum atomic E-state index is -3.88. The molecule has 1 atom stereocenters. The molecule has 1 amide bonds. The molecule has 26 heavy (non-hydrogen) atoms. The van der Waals surface area contributed by atoms with Gasteiger partial charge in [0.15, 0.2) is 6.10 Å². The standard InChI is InChI=1S/C17H18N2O5S2/c1-11-6-7-14(25-11)8-9-16(20)24-12(2)17(21)19-13-4-3-5-15(10-13)26(18,22)23/h3-10,12H,1-2H3,(H,19,21)(H2,18,22,23)/b9-8+/t12-/m0/s1. The Morgan fingerprint density at radius 1 is 1.27 bits per heavy atom. The summed E-state index contributed by atoms with van der Waals surface area (Å²) in [5, 5.41) is 7.53. The van der Waals surface area contributed by atoms with Crippen LogP contribution >= 0.6 is 11.3 Å². The molecule has 0 saturated heterocycles. The highest BCUT2D eigenvalue weighted by Crippen LogP contribution is 2.17. The van der Waals surface area contributed by atoms with Crippen LogP contribution in [0.2, 0.25) is 0 Å². The van der Waals surface area contributed by atoms with Crippen LogP contribution in [0.15, 0.2) is 47.4 Å². The van der Waals surface area contributed by atoms with Crippen molar-refractivity contribution in [1.29, 1.82) is 0 Å². The fraction of sp³-hybridized carbons (Fsp3) is 0.176. The van der Waals surface area contributed by atoms with E-state index in [1.165, 1.54) is 48.6 Å². The molecule has 9 heteroatoms. The number of nitrogens with one attached hydrogen (secondary N) is 1. The first-order valence-electron chi connectivity index (χ1n) is 7.54. The number of aryl methyl sites for hydroxylation is 1. The molecule has 0 unspecified atom stereocenters. The van der Waals surface area contributed by atoms with Gasteiger partial charge in [0.25, 0.3) is 5.91 Å². The predicted molar refractivity (Wildman–Crippen MR) is 100 cm³/mol. The summed E-state index contributed by atoms with van der Waals surface area (Å²) in [7, 11) is -3.88. The average molecular weight is 394 g/mol. The number of hydrogen-bond acceptors (Lipinski definition) is 6. The predicted octanol–water partition coefficient (Wildman–Crippen LogP) is 2.29. The van der Waals surface area contributed by atoms with Crippen LogP contribution in [-0.4, -0.2) is 26.4 Å². The van der Waals surface area contributed by atoms with Gasteiger partial charge in [-0.3, -0.25) is 4.79 Å². The number of primary sulfonamides is 1. The van der Waals surface area contributed by atoms with Gasteiger partial charge in [-0.15, -0.1) is 11.3 Å². The number of nitrogens with two attached hydrogens (primary N) is 1. The smallest absolute Gasteiger partial charge is 0.331 e. The van der Waals surface area contributed by atoms with E-state index in [1.807, 2.05) is 19.1 Å². The Hall–Kier alpha value is -2.49. The zero-order valence-corrected chi connectivity index (χ0v) is 15.8. The molecule has 0 aliphatic heterocycles. The Bertz CT molecular complexity index is 948. The SMILES string of the molecule is Cc1ccc(/C=C/C(=O)O[C@@H](C)C(=O)Nc2cccc(S(N)(=O)=O)c2)s1. The van der Waals surface area contributed by atoms with Gasteiger partial charge >= 0.3 is 5.97 Å². The minimum absolute atomic E-state index is 0.130. The van der Waals surface area contributed by atoms with E-state index in [0.29, 0.717) is 0 Å². The second-order valence-corrected chi connectivity index (χ2v) is 8.30. The third-order valence-corrected chi connectivity index (χ3v) is 5.11. The van der Waals surface area contributed by atoms with Crippen LogP contribution in [0.25, 0.3) is 6.08 Å². The maximum Gasteiger partial charge on any atom is 0.331 e. The summed E-state index contributed by atoms with van der Waals surface area (Å²) >= 11 is 1.53. The molecule has 0 radical (unpaired) electrons. The van der Waals surface area contributed by atoms with Crippen LogP contribution < -0.4 is 10.5 Å². The number of benzene rings is 1. The van der Waals surface area contributed by atoms with Gasteiger partial charge in [-0.05, 0) is 50.3 Å². The van der Waals surface area contributed by atoms with Crippen molar-refractivity contribution in [2.75, 3.05) is 5.32 Å². The Morgan fingerprint density at radius 2 is 2.00 bits per heavy atom. The first-order chi connectivity index (χ1) is 12.1. The molecule has 0 aliphatic rings. The number of carbonyl (C=O) groups excluding carboxylic acids is 2. The summed E-state index contributed by atoms with van der Waals surface area (Å²) in [6.45, 7) is 3.37. The van der Waals surface area contributed by atoms with E-state index in [0.717, 1.165) is 9.75 Å². The highest BCUT2D eigenvalue weighted by molar-refractivity contribution is 7.89. The molecular formula is C17H18N2O5S2. The fourth-order valence-corrected chi connectivity index (χ4v) is 3.29. The molecule has 7 nitrogen and oxygen atoms in total. The number of sulfonamides is 1. The summed E-state index contributed by atoms with van der Waals surface area (Å²) in [5.41, 5.74) is 0.231. The molecule has 1 heterocycles. The van der Waals surface area contributed by atoms with E-state index in [2.05, 4.69) is 5.32 Å². The quantitative estimate of drug-likeness (QED) is 0.576. The normalized spacial score (nSPS) is 12.7. The van der Waals surface area contributed by atoms with Gasteiger partial charge in [0.2, 0.25) is 10.0 Å². The first-order valence-corrected chi connectivity index (χ1v) is 9.90. The first kappa shape index (κ1) is 19.8. The fourth-order valence-electron chi connectivity index (χ4n) is 1.95. The number of esters is 1. The molecule has 1 aromatic carbocycles. The molecule has 0 aliphatic carbocycles. The molecule has 138 valence electrons. The molecule has 0 saturated carbocycles. The van der Waals surface area contributed by atoms with E-state index in [9.17, 15) is 18.0 Å². The number of anilines is 1. The van der Waals surface area contributed by atoms with Crippen molar-refractivity contribution in [3.05, 3.63) is 52.2 Å². The number of rotatable bonds is 6. The lowest BCUT2D eigenvalue weighted by Crippen LogP contribution is -2.29. The molecule has 0 spiro atoms. The third-order valence-electron chi connectivity index (χ3n) is 3.24. The van der Waals surface area contributed by atoms with Crippen molar-refractivity contribution >= 4 is 45.0 Å². The van der Waals surface area contributed by atoms with E-state index in [1.54, 1.807) is 6.08 Å². The van der Waals surface area contributed by atoms with Crippen LogP contribution in [0.4, 0.5) is 5.69 Å². The van der Waals surface area contributed by atoms with E-state index in [4.69, 9.17) is 9.88 Å². The summed E-state index contributed by atoms with van der Waals surface area (Å²) in [5.74, 6) is -1.25. The number of ether oxygens (including phenoxy) is 1. The maximum atomic E-state index is 12.1. The molecular weight excluding hydrogens is 376 g/mol. The van der Waals surface area contributed by atoms with Gasteiger partial charge in [-0.2, -0.15) is 0 Å². The van der Waals surface area contributed by atoms with Crippen LogP contribution in [-0.2, 0) is 24.3 Å².